The summed E-state index contributed by atoms with van der Waals surface area (Å²) in [4.78, 5) is 23.2. The Morgan fingerprint density at radius 2 is 1.54 bits per heavy atom. The first kappa shape index (κ1) is 23.0. The zero-order valence-electron chi connectivity index (χ0n) is 18.8. The molecule has 0 radical (unpaired) electrons. The first-order valence-corrected chi connectivity index (χ1v) is 11.8. The molecule has 0 bridgehead atoms. The van der Waals surface area contributed by atoms with Crippen molar-refractivity contribution in [2.24, 2.45) is 5.92 Å². The number of nitrogens with zero attached hydrogens (tertiary/aromatic N) is 3. The van der Waals surface area contributed by atoms with E-state index in [-0.39, 0.29) is 23.6 Å². The third-order valence-corrected chi connectivity index (χ3v) is 6.75. The summed E-state index contributed by atoms with van der Waals surface area (Å²) in [6, 6.07) is 21.6. The quantitative estimate of drug-likeness (QED) is 0.327. The zero-order valence-corrected chi connectivity index (χ0v) is 19.6. The highest BCUT2D eigenvalue weighted by Crippen LogP contribution is 2.46. The largest absolute Gasteiger partial charge is 0.508 e. The van der Waals surface area contributed by atoms with Gasteiger partial charge in [-0.2, -0.15) is 0 Å². The molecule has 7 heteroatoms. The van der Waals surface area contributed by atoms with Crippen LogP contribution in [0.2, 0.25) is 5.02 Å². The molecule has 5 rings (SSSR count). The van der Waals surface area contributed by atoms with Crippen molar-refractivity contribution >= 4 is 23.2 Å². The number of aliphatic hydroxyl groups excluding tert-OH is 1. The summed E-state index contributed by atoms with van der Waals surface area (Å²) >= 11 is 5.96. The topological polar surface area (TPSA) is 86.5 Å². The van der Waals surface area contributed by atoms with Gasteiger partial charge in [-0.05, 0) is 65.9 Å². The number of phenolic OH excluding ortho intramolecular Hbond substituents is 1. The summed E-state index contributed by atoms with van der Waals surface area (Å²) in [5, 5.41) is 21.0. The average Bonchev–Trinajstić information content (AvgIpc) is 2.89. The summed E-state index contributed by atoms with van der Waals surface area (Å²) in [6.07, 6.45) is 5.29. The van der Waals surface area contributed by atoms with Crippen LogP contribution >= 0.6 is 11.6 Å². The van der Waals surface area contributed by atoms with Crippen molar-refractivity contribution in [2.75, 3.05) is 4.90 Å². The molecule has 0 aliphatic carbocycles. The number of hydrogen-bond acceptors (Lipinski definition) is 5. The molecule has 176 valence electrons. The van der Waals surface area contributed by atoms with Crippen molar-refractivity contribution < 1.29 is 15.0 Å². The molecule has 3 atom stereocenters. The van der Waals surface area contributed by atoms with Crippen molar-refractivity contribution in [1.82, 2.24) is 9.97 Å². The third-order valence-electron chi connectivity index (χ3n) is 6.49. The first-order valence-electron chi connectivity index (χ1n) is 11.4. The lowest BCUT2D eigenvalue weighted by atomic mass is 9.78. The molecule has 4 aromatic rings. The molecular weight excluding hydrogens is 462 g/mol. The molecule has 1 fully saturated rings. The van der Waals surface area contributed by atoms with Crippen molar-refractivity contribution in [1.29, 1.82) is 0 Å². The fourth-order valence-corrected chi connectivity index (χ4v) is 4.75. The number of aliphatic hydroxyl groups is 1. The summed E-state index contributed by atoms with van der Waals surface area (Å²) in [5.41, 5.74) is 4.38. The Hall–Kier alpha value is -3.74. The number of aromatic hydroxyl groups is 1. The van der Waals surface area contributed by atoms with E-state index in [2.05, 4.69) is 9.97 Å². The van der Waals surface area contributed by atoms with Gasteiger partial charge in [-0.15, -0.1) is 0 Å². The number of benzene rings is 3. The van der Waals surface area contributed by atoms with E-state index < -0.39 is 6.10 Å². The normalized spacial score (nSPS) is 18.2. The highest BCUT2D eigenvalue weighted by atomic mass is 35.5. The van der Waals surface area contributed by atoms with E-state index in [1.54, 1.807) is 53.7 Å². The molecule has 0 saturated carbocycles. The summed E-state index contributed by atoms with van der Waals surface area (Å²) in [5.74, 6) is -0.0824. The van der Waals surface area contributed by atoms with E-state index in [4.69, 9.17) is 11.6 Å². The predicted molar refractivity (Wildman–Crippen MR) is 135 cm³/mol. The van der Waals surface area contributed by atoms with Crippen LogP contribution in [0, 0.1) is 5.92 Å². The van der Waals surface area contributed by atoms with Crippen LogP contribution in [0.25, 0.3) is 11.1 Å². The van der Waals surface area contributed by atoms with Crippen LogP contribution in [-0.4, -0.2) is 26.1 Å². The van der Waals surface area contributed by atoms with Gasteiger partial charge in [-0.25, -0.2) is 9.97 Å². The van der Waals surface area contributed by atoms with E-state index in [0.29, 0.717) is 17.9 Å². The number of carbonyl (C=O) groups is 1. The fourth-order valence-electron chi connectivity index (χ4n) is 4.62. The lowest BCUT2D eigenvalue weighted by molar-refractivity contribution is -0.131. The SMILES string of the molecule is O=C1[C@H](CC[C@H](O)c2ccc(Cl)cc2)[C@@H](c2ccc(O)cc2)N1c1ccc(-c2cncnc2)cc1. The standard InChI is InChI=1S/C28H24ClN3O3/c29-22-7-1-19(2-8-22)26(34)14-13-25-27(20-5-11-24(33)12-6-20)32(28(25)35)23-9-3-18(4-10-23)21-15-30-17-31-16-21/h1-12,15-17,25-27,33-34H,13-14H2/t25-,26+,27-/m1/s1. The van der Waals surface area contributed by atoms with Gasteiger partial charge in [0.1, 0.15) is 12.1 Å². The zero-order chi connectivity index (χ0) is 24.4. The Morgan fingerprint density at radius 3 is 2.20 bits per heavy atom. The van der Waals surface area contributed by atoms with Crippen LogP contribution in [0.5, 0.6) is 5.75 Å². The molecule has 1 amide bonds. The number of rotatable bonds is 7. The Bertz CT molecular complexity index is 1300. The van der Waals surface area contributed by atoms with Crippen molar-refractivity contribution in [2.45, 2.75) is 25.0 Å². The van der Waals surface area contributed by atoms with Gasteiger partial charge in [0.2, 0.25) is 5.91 Å². The van der Waals surface area contributed by atoms with Gasteiger partial charge >= 0.3 is 0 Å². The minimum absolute atomic E-state index is 0.0159. The highest BCUT2D eigenvalue weighted by molar-refractivity contribution is 6.30. The number of aromatic nitrogens is 2. The monoisotopic (exact) mass is 485 g/mol. The van der Waals surface area contributed by atoms with Gasteiger partial charge in [0, 0.05) is 28.7 Å². The number of hydrogen-bond donors (Lipinski definition) is 2. The maximum Gasteiger partial charge on any atom is 0.233 e. The van der Waals surface area contributed by atoms with Crippen LogP contribution < -0.4 is 4.90 Å². The first-order chi connectivity index (χ1) is 17.0. The number of amides is 1. The molecule has 2 N–H and O–H groups in total. The van der Waals surface area contributed by atoms with E-state index >= 15 is 0 Å². The molecule has 3 aromatic carbocycles. The lowest BCUT2D eigenvalue weighted by Crippen LogP contribution is -2.55. The van der Waals surface area contributed by atoms with Gasteiger partial charge < -0.3 is 15.1 Å². The Labute approximate surface area is 208 Å². The molecule has 1 aromatic heterocycles. The molecule has 0 unspecified atom stereocenters. The minimum atomic E-state index is -0.679. The number of anilines is 1. The second-order valence-corrected chi connectivity index (χ2v) is 9.11. The molecule has 1 aliphatic heterocycles. The third kappa shape index (κ3) is 4.76. The Kier molecular flexibility index (Phi) is 6.49. The van der Waals surface area contributed by atoms with Crippen LogP contribution in [0.1, 0.15) is 36.1 Å². The van der Waals surface area contributed by atoms with Gasteiger partial charge in [0.25, 0.3) is 0 Å². The van der Waals surface area contributed by atoms with Crippen molar-refractivity contribution in [3.8, 4) is 16.9 Å². The number of β-lactam (4-membered cyclic amide) rings is 1. The molecule has 2 heterocycles. The fraction of sp³-hybridized carbons (Fsp3) is 0.179. The predicted octanol–water partition coefficient (Wildman–Crippen LogP) is 5.72. The molecular formula is C28H24ClN3O3. The van der Waals surface area contributed by atoms with E-state index in [9.17, 15) is 15.0 Å². The number of phenols is 1. The van der Waals surface area contributed by atoms with Gasteiger partial charge in [0.05, 0.1) is 18.1 Å². The van der Waals surface area contributed by atoms with E-state index in [1.165, 1.54) is 6.33 Å². The summed E-state index contributed by atoms with van der Waals surface area (Å²) in [7, 11) is 0. The molecule has 0 spiro atoms. The van der Waals surface area contributed by atoms with Gasteiger partial charge in [-0.1, -0.05) is 48.0 Å². The summed E-state index contributed by atoms with van der Waals surface area (Å²) < 4.78 is 0. The summed E-state index contributed by atoms with van der Waals surface area (Å²) in [6.45, 7) is 0. The molecule has 1 aliphatic rings. The van der Waals surface area contributed by atoms with Crippen molar-refractivity contribution in [3.63, 3.8) is 0 Å². The van der Waals surface area contributed by atoms with Gasteiger partial charge in [0.15, 0.2) is 0 Å². The van der Waals surface area contributed by atoms with Crippen LogP contribution in [-0.2, 0) is 4.79 Å². The lowest BCUT2D eigenvalue weighted by Gasteiger charge is -2.48. The molecule has 1 saturated heterocycles. The van der Waals surface area contributed by atoms with E-state index in [0.717, 1.165) is 27.9 Å². The maximum absolute atomic E-state index is 13.3. The van der Waals surface area contributed by atoms with Crippen LogP contribution in [0.15, 0.2) is 91.5 Å². The van der Waals surface area contributed by atoms with Gasteiger partial charge in [-0.3, -0.25) is 4.79 Å². The average molecular weight is 486 g/mol. The van der Waals surface area contributed by atoms with Crippen LogP contribution in [0.4, 0.5) is 5.69 Å². The minimum Gasteiger partial charge on any atom is -0.508 e. The molecule has 35 heavy (non-hydrogen) atoms. The number of halogens is 1. The molecule has 6 nitrogen and oxygen atoms in total. The Balaban J connectivity index is 1.37. The highest BCUT2D eigenvalue weighted by Gasteiger charge is 2.48. The maximum atomic E-state index is 13.3. The Morgan fingerprint density at radius 1 is 0.886 bits per heavy atom. The second kappa shape index (κ2) is 9.86. The van der Waals surface area contributed by atoms with Crippen molar-refractivity contribution in [3.05, 3.63) is 108 Å². The smallest absolute Gasteiger partial charge is 0.233 e. The van der Waals surface area contributed by atoms with E-state index in [1.807, 2.05) is 36.4 Å². The second-order valence-electron chi connectivity index (χ2n) is 8.67. The number of carbonyl (C=O) groups excluding carboxylic acids is 1. The van der Waals surface area contributed by atoms with Crippen LogP contribution in [0.3, 0.4) is 0 Å².